The number of fused-ring (bicyclic) bond motifs is 10. The highest BCUT2D eigenvalue weighted by Gasteiger charge is 2.51. The van der Waals surface area contributed by atoms with Crippen molar-refractivity contribution in [2.75, 3.05) is 0 Å². The summed E-state index contributed by atoms with van der Waals surface area (Å²) in [6.07, 6.45) is 0. The molecule has 0 aliphatic heterocycles. The maximum Gasteiger partial charge on any atom is 0.0725 e. The summed E-state index contributed by atoms with van der Waals surface area (Å²) in [6.45, 7) is 12.0. The molecular formula is C31H34. The highest BCUT2D eigenvalue weighted by atomic mass is 14.5. The molecule has 0 unspecified atom stereocenters. The van der Waals surface area contributed by atoms with E-state index in [9.17, 15) is 0 Å². The predicted molar refractivity (Wildman–Crippen MR) is 137 cm³/mol. The highest BCUT2D eigenvalue weighted by Crippen LogP contribution is 2.62. The van der Waals surface area contributed by atoms with E-state index < -0.39 is 0 Å². The fourth-order valence-corrected chi connectivity index (χ4v) is 5.05. The van der Waals surface area contributed by atoms with Crippen LogP contribution in [0.15, 0.2) is 97.1 Å². The Labute approximate surface area is 188 Å². The van der Waals surface area contributed by atoms with Crippen molar-refractivity contribution in [2.45, 2.75) is 47.0 Å². The first-order chi connectivity index (χ1) is 15.4. The van der Waals surface area contributed by atoms with Crippen molar-refractivity contribution in [1.29, 1.82) is 0 Å². The SMILES string of the molecule is CC.CC.CC.c1ccc2c(c1)-c1ccccc1C21c2ccccc2-c2ccccc21. The van der Waals surface area contributed by atoms with E-state index in [1.165, 1.54) is 44.5 Å². The Bertz CT molecular complexity index is 962. The lowest BCUT2D eigenvalue weighted by Gasteiger charge is -2.30. The van der Waals surface area contributed by atoms with Crippen molar-refractivity contribution in [3.05, 3.63) is 119 Å². The monoisotopic (exact) mass is 406 g/mol. The topological polar surface area (TPSA) is 0 Å². The average molecular weight is 407 g/mol. The minimum atomic E-state index is -0.180. The molecule has 31 heavy (non-hydrogen) atoms. The molecule has 0 saturated carbocycles. The van der Waals surface area contributed by atoms with Gasteiger partial charge in [-0.2, -0.15) is 0 Å². The van der Waals surface area contributed by atoms with E-state index >= 15 is 0 Å². The van der Waals surface area contributed by atoms with E-state index in [4.69, 9.17) is 0 Å². The Morgan fingerprint density at radius 1 is 0.323 bits per heavy atom. The lowest BCUT2D eigenvalue weighted by atomic mass is 9.70. The van der Waals surface area contributed by atoms with Crippen LogP contribution in [0.2, 0.25) is 0 Å². The van der Waals surface area contributed by atoms with Crippen LogP contribution in [0.4, 0.5) is 0 Å². The summed E-state index contributed by atoms with van der Waals surface area (Å²) >= 11 is 0. The maximum atomic E-state index is 2.31. The summed E-state index contributed by atoms with van der Waals surface area (Å²) in [5.74, 6) is 0. The molecule has 0 atom stereocenters. The second-order valence-electron chi connectivity index (χ2n) is 6.93. The molecular weight excluding hydrogens is 372 g/mol. The van der Waals surface area contributed by atoms with Crippen molar-refractivity contribution < 1.29 is 0 Å². The zero-order valence-corrected chi connectivity index (χ0v) is 19.7. The van der Waals surface area contributed by atoms with Gasteiger partial charge < -0.3 is 0 Å². The van der Waals surface area contributed by atoms with Crippen LogP contribution < -0.4 is 0 Å². The maximum absolute atomic E-state index is 2.31. The smallest absolute Gasteiger partial charge is 0.0683 e. The molecule has 6 rings (SSSR count). The van der Waals surface area contributed by atoms with E-state index in [-0.39, 0.29) is 5.41 Å². The molecule has 0 nitrogen and oxygen atoms in total. The van der Waals surface area contributed by atoms with Gasteiger partial charge in [0, 0.05) is 0 Å². The van der Waals surface area contributed by atoms with E-state index in [0.29, 0.717) is 0 Å². The van der Waals surface area contributed by atoms with Gasteiger partial charge in [0.05, 0.1) is 5.41 Å². The molecule has 2 aliphatic carbocycles. The molecule has 0 heteroatoms. The van der Waals surface area contributed by atoms with Gasteiger partial charge in [-0.3, -0.25) is 0 Å². The van der Waals surface area contributed by atoms with Gasteiger partial charge in [0.25, 0.3) is 0 Å². The summed E-state index contributed by atoms with van der Waals surface area (Å²) < 4.78 is 0. The van der Waals surface area contributed by atoms with Crippen LogP contribution in [-0.2, 0) is 5.41 Å². The van der Waals surface area contributed by atoms with Crippen LogP contribution in [0.1, 0.15) is 63.8 Å². The van der Waals surface area contributed by atoms with E-state index in [1.807, 2.05) is 41.5 Å². The fourth-order valence-electron chi connectivity index (χ4n) is 5.05. The summed E-state index contributed by atoms with van der Waals surface area (Å²) in [7, 11) is 0. The molecule has 0 aromatic heterocycles. The lowest BCUT2D eigenvalue weighted by Crippen LogP contribution is -2.25. The summed E-state index contributed by atoms with van der Waals surface area (Å²) in [6, 6.07) is 35.7. The number of rotatable bonds is 0. The molecule has 0 N–H and O–H groups in total. The average Bonchev–Trinajstić information content (AvgIpc) is 3.35. The van der Waals surface area contributed by atoms with E-state index in [2.05, 4.69) is 97.1 Å². The molecule has 0 radical (unpaired) electrons. The van der Waals surface area contributed by atoms with Crippen molar-refractivity contribution in [1.82, 2.24) is 0 Å². The third-order valence-corrected chi connectivity index (χ3v) is 5.90. The quantitative estimate of drug-likeness (QED) is 0.236. The highest BCUT2D eigenvalue weighted by molar-refractivity contribution is 5.94. The molecule has 0 amide bonds. The molecule has 1 spiro atoms. The fraction of sp³-hybridized carbons (Fsp3) is 0.226. The van der Waals surface area contributed by atoms with E-state index in [1.54, 1.807) is 0 Å². The number of hydrogen-bond acceptors (Lipinski definition) is 0. The zero-order valence-electron chi connectivity index (χ0n) is 19.7. The van der Waals surface area contributed by atoms with Gasteiger partial charge >= 0.3 is 0 Å². The van der Waals surface area contributed by atoms with Gasteiger partial charge in [-0.15, -0.1) is 0 Å². The molecule has 0 fully saturated rings. The van der Waals surface area contributed by atoms with Gasteiger partial charge in [-0.05, 0) is 44.5 Å². The Hall–Kier alpha value is -3.12. The first-order valence-electron chi connectivity index (χ1n) is 11.8. The predicted octanol–water partition coefficient (Wildman–Crippen LogP) is 9.11. The summed E-state index contributed by atoms with van der Waals surface area (Å²) in [5.41, 5.74) is 10.9. The van der Waals surface area contributed by atoms with Crippen molar-refractivity contribution >= 4 is 0 Å². The Morgan fingerprint density at radius 3 is 0.742 bits per heavy atom. The standard InChI is InChI=1S/C25H16.3C2H6/c1-5-13-21-17(9-1)18-10-2-6-14-22(18)25(21)23-15-7-3-11-19(23)20-12-4-8-16-24(20)25;3*1-2/h1-16H;3*1-2H3. The molecule has 0 saturated heterocycles. The first kappa shape index (κ1) is 22.6. The molecule has 0 heterocycles. The molecule has 0 bridgehead atoms. The second-order valence-corrected chi connectivity index (χ2v) is 6.93. The summed E-state index contributed by atoms with van der Waals surface area (Å²) in [5, 5.41) is 0. The van der Waals surface area contributed by atoms with Gasteiger partial charge in [0.2, 0.25) is 0 Å². The Morgan fingerprint density at radius 2 is 0.516 bits per heavy atom. The van der Waals surface area contributed by atoms with Crippen LogP contribution in [0, 0.1) is 0 Å². The van der Waals surface area contributed by atoms with Gasteiger partial charge in [0.15, 0.2) is 0 Å². The first-order valence-corrected chi connectivity index (χ1v) is 11.8. The molecule has 4 aromatic carbocycles. The van der Waals surface area contributed by atoms with Crippen LogP contribution >= 0.6 is 0 Å². The molecule has 158 valence electrons. The third-order valence-electron chi connectivity index (χ3n) is 5.90. The minimum absolute atomic E-state index is 0.180. The molecule has 4 aromatic rings. The second kappa shape index (κ2) is 9.79. The van der Waals surface area contributed by atoms with Gasteiger partial charge in [0.1, 0.15) is 0 Å². The van der Waals surface area contributed by atoms with E-state index in [0.717, 1.165) is 0 Å². The van der Waals surface area contributed by atoms with Gasteiger partial charge in [-0.1, -0.05) is 139 Å². The van der Waals surface area contributed by atoms with Crippen molar-refractivity contribution in [3.63, 3.8) is 0 Å². The number of benzene rings is 4. The van der Waals surface area contributed by atoms with Crippen molar-refractivity contribution in [2.24, 2.45) is 0 Å². The van der Waals surface area contributed by atoms with Crippen molar-refractivity contribution in [3.8, 4) is 22.3 Å². The zero-order chi connectivity index (χ0) is 22.4. The van der Waals surface area contributed by atoms with Crippen LogP contribution in [0.25, 0.3) is 22.3 Å². The Kier molecular flexibility index (Phi) is 7.13. The lowest BCUT2D eigenvalue weighted by molar-refractivity contribution is 0.794. The largest absolute Gasteiger partial charge is 0.0725 e. The summed E-state index contributed by atoms with van der Waals surface area (Å²) in [4.78, 5) is 0. The minimum Gasteiger partial charge on any atom is -0.0683 e. The van der Waals surface area contributed by atoms with Crippen LogP contribution in [-0.4, -0.2) is 0 Å². The number of hydrogen-bond donors (Lipinski definition) is 0. The van der Waals surface area contributed by atoms with Crippen LogP contribution in [0.5, 0.6) is 0 Å². The third kappa shape index (κ3) is 3.13. The molecule has 2 aliphatic rings. The normalized spacial score (nSPS) is 12.5. The Balaban J connectivity index is 0.000000421. The van der Waals surface area contributed by atoms with Crippen LogP contribution in [0.3, 0.4) is 0 Å². The van der Waals surface area contributed by atoms with Gasteiger partial charge in [-0.25, -0.2) is 0 Å².